The summed E-state index contributed by atoms with van der Waals surface area (Å²) in [5.74, 6) is -2.88. The fourth-order valence-corrected chi connectivity index (χ4v) is 7.74. The third-order valence-corrected chi connectivity index (χ3v) is 9.53. The number of nitrogens with one attached hydrogen (secondary N) is 2. The number of amides is 3. The predicted octanol–water partition coefficient (Wildman–Crippen LogP) is 3.67. The molecule has 39 heavy (non-hydrogen) atoms. The average Bonchev–Trinajstić information content (AvgIpc) is 3.49. The van der Waals surface area contributed by atoms with Crippen LogP contribution < -0.4 is 10.6 Å². The van der Waals surface area contributed by atoms with Gasteiger partial charge in [-0.05, 0) is 36.5 Å². The smallest absolute Gasteiger partial charge is 0.250 e. The number of likely N-dealkylation sites (tertiary alicyclic amines) is 1. The Labute approximate surface area is 241 Å². The predicted molar refractivity (Wildman–Crippen MR) is 151 cm³/mol. The minimum Gasteiger partial charge on any atom is -0.394 e. The average molecular weight is 619 g/mol. The summed E-state index contributed by atoms with van der Waals surface area (Å²) < 4.78 is 6.54. The van der Waals surface area contributed by atoms with Gasteiger partial charge in [-0.15, -0.1) is 0 Å². The number of para-hydroxylation sites is 1. The summed E-state index contributed by atoms with van der Waals surface area (Å²) >= 11 is 10.1. The standard InChI is InChI=1S/C29H33BrClN3O5/c1-15(2)20(14-35)34-25(27(37)33-23-16(3)8-7-11-19(23)31)29-12-18(30)24(39-29)21(22(29)28(34)38)26(36)32-13-17-9-5-4-6-10-17/h4-11,15,18,20-22,24-25,35H,12-14H2,1-3H3,(H,32,36)(H,33,37)/t18?,20-,21-,22-,24-,25?,29?/m0/s1. The molecule has 0 saturated carbocycles. The Hall–Kier alpha value is -2.46. The molecular formula is C29H33BrClN3O5. The topological polar surface area (TPSA) is 108 Å². The van der Waals surface area contributed by atoms with Gasteiger partial charge in [0.25, 0.3) is 0 Å². The minimum atomic E-state index is -1.23. The molecule has 208 valence electrons. The zero-order chi connectivity index (χ0) is 28.1. The Balaban J connectivity index is 1.52. The van der Waals surface area contributed by atoms with Gasteiger partial charge in [-0.2, -0.15) is 0 Å². The Kier molecular flexibility index (Phi) is 7.81. The van der Waals surface area contributed by atoms with E-state index in [1.807, 2.05) is 57.2 Å². The van der Waals surface area contributed by atoms with E-state index in [2.05, 4.69) is 26.6 Å². The molecule has 3 fully saturated rings. The maximum absolute atomic E-state index is 14.2. The number of alkyl halides is 1. The van der Waals surface area contributed by atoms with E-state index in [1.54, 1.807) is 12.1 Å². The number of aliphatic hydroxyl groups excluding tert-OH is 1. The number of hydrogen-bond acceptors (Lipinski definition) is 5. The molecule has 3 heterocycles. The van der Waals surface area contributed by atoms with Gasteiger partial charge >= 0.3 is 0 Å². The van der Waals surface area contributed by atoms with Crippen LogP contribution in [0.25, 0.3) is 0 Å². The highest BCUT2D eigenvalue weighted by molar-refractivity contribution is 9.09. The van der Waals surface area contributed by atoms with Crippen LogP contribution >= 0.6 is 27.5 Å². The Morgan fingerprint density at radius 3 is 2.54 bits per heavy atom. The number of aliphatic hydroxyl groups is 1. The molecule has 3 aliphatic heterocycles. The lowest BCUT2D eigenvalue weighted by molar-refractivity contribution is -0.145. The highest BCUT2D eigenvalue weighted by Gasteiger charge is 2.77. The third-order valence-electron chi connectivity index (χ3n) is 8.37. The van der Waals surface area contributed by atoms with Crippen molar-refractivity contribution in [3.05, 3.63) is 64.7 Å². The number of hydrogen-bond donors (Lipinski definition) is 3. The van der Waals surface area contributed by atoms with Gasteiger partial charge in [-0.25, -0.2) is 0 Å². The minimum absolute atomic E-state index is 0.145. The number of fused-ring (bicyclic) bond motifs is 1. The molecule has 2 aromatic carbocycles. The summed E-state index contributed by atoms with van der Waals surface area (Å²) in [5, 5.41) is 16.6. The number of ether oxygens (including phenoxy) is 1. The van der Waals surface area contributed by atoms with Crippen LogP contribution in [0, 0.1) is 24.7 Å². The van der Waals surface area contributed by atoms with Crippen LogP contribution in [0.2, 0.25) is 5.02 Å². The second-order valence-corrected chi connectivity index (χ2v) is 12.6. The van der Waals surface area contributed by atoms with E-state index in [0.29, 0.717) is 23.7 Å². The molecule has 3 N–H and O–H groups in total. The molecule has 3 saturated heterocycles. The van der Waals surface area contributed by atoms with Crippen LogP contribution in [0.15, 0.2) is 48.5 Å². The fourth-order valence-electron chi connectivity index (χ4n) is 6.53. The van der Waals surface area contributed by atoms with Gasteiger partial charge in [0.1, 0.15) is 11.6 Å². The van der Waals surface area contributed by atoms with Crippen LogP contribution in [0.4, 0.5) is 5.69 Å². The first-order valence-corrected chi connectivity index (χ1v) is 14.5. The second kappa shape index (κ2) is 10.8. The quantitative estimate of drug-likeness (QED) is 0.392. The summed E-state index contributed by atoms with van der Waals surface area (Å²) in [6.07, 6.45) is -0.191. The van der Waals surface area contributed by atoms with Gasteiger partial charge in [-0.1, -0.05) is 83.8 Å². The van der Waals surface area contributed by atoms with Crippen LogP contribution in [0.1, 0.15) is 31.4 Å². The van der Waals surface area contributed by atoms with Crippen LogP contribution in [0.3, 0.4) is 0 Å². The first-order valence-electron chi connectivity index (χ1n) is 13.2. The van der Waals surface area contributed by atoms with E-state index in [-0.39, 0.29) is 29.2 Å². The van der Waals surface area contributed by atoms with Crippen molar-refractivity contribution in [3.8, 4) is 0 Å². The van der Waals surface area contributed by atoms with Crippen molar-refractivity contribution in [2.45, 2.75) is 62.4 Å². The van der Waals surface area contributed by atoms with E-state index in [9.17, 15) is 19.5 Å². The highest BCUT2D eigenvalue weighted by atomic mass is 79.9. The Morgan fingerprint density at radius 2 is 1.90 bits per heavy atom. The van der Waals surface area contributed by atoms with E-state index in [4.69, 9.17) is 16.3 Å². The van der Waals surface area contributed by atoms with E-state index in [0.717, 1.165) is 11.1 Å². The van der Waals surface area contributed by atoms with Crippen molar-refractivity contribution in [2.24, 2.45) is 17.8 Å². The molecule has 10 heteroatoms. The lowest BCUT2D eigenvalue weighted by atomic mass is 9.70. The first kappa shape index (κ1) is 28.1. The number of nitrogens with zero attached hydrogens (tertiary/aromatic N) is 1. The number of anilines is 1. The lowest BCUT2D eigenvalue weighted by Gasteiger charge is -2.38. The summed E-state index contributed by atoms with van der Waals surface area (Å²) in [4.78, 5) is 43.2. The second-order valence-electron chi connectivity index (χ2n) is 11.0. The van der Waals surface area contributed by atoms with Crippen molar-refractivity contribution in [1.82, 2.24) is 10.2 Å². The summed E-state index contributed by atoms with van der Waals surface area (Å²) in [5.41, 5.74) is 0.941. The molecule has 3 unspecified atom stereocenters. The molecule has 5 rings (SSSR count). The third kappa shape index (κ3) is 4.67. The van der Waals surface area contributed by atoms with E-state index in [1.165, 1.54) is 4.90 Å². The normalized spacial score (nSPS) is 30.0. The van der Waals surface area contributed by atoms with Crippen LogP contribution in [-0.4, -0.2) is 63.0 Å². The van der Waals surface area contributed by atoms with Crippen molar-refractivity contribution < 1.29 is 24.2 Å². The van der Waals surface area contributed by atoms with Crippen molar-refractivity contribution >= 4 is 50.9 Å². The summed E-state index contributed by atoms with van der Waals surface area (Å²) in [6.45, 7) is 5.61. The van der Waals surface area contributed by atoms with Gasteiger partial charge in [0.2, 0.25) is 17.7 Å². The van der Waals surface area contributed by atoms with Gasteiger partial charge in [0.15, 0.2) is 0 Å². The number of benzene rings is 2. The molecule has 8 nitrogen and oxygen atoms in total. The van der Waals surface area contributed by atoms with Crippen molar-refractivity contribution in [1.29, 1.82) is 0 Å². The largest absolute Gasteiger partial charge is 0.394 e. The SMILES string of the molecule is Cc1cccc(Cl)c1NC(=O)C1N([C@@H](CO)C(C)C)C(=O)[C@@H]2[C@H](C(=O)NCc3ccccc3)[C@H]3OC12CC3Br. The molecule has 7 atom stereocenters. The molecule has 2 bridgehead atoms. The Morgan fingerprint density at radius 1 is 1.18 bits per heavy atom. The summed E-state index contributed by atoms with van der Waals surface area (Å²) in [6, 6.07) is 13.2. The van der Waals surface area contributed by atoms with E-state index >= 15 is 0 Å². The molecule has 2 aromatic rings. The van der Waals surface area contributed by atoms with Gasteiger partial charge in [-0.3, -0.25) is 14.4 Å². The molecule has 0 aliphatic carbocycles. The van der Waals surface area contributed by atoms with Crippen LogP contribution in [-0.2, 0) is 25.7 Å². The fraction of sp³-hybridized carbons (Fsp3) is 0.483. The van der Waals surface area contributed by atoms with Gasteiger partial charge in [0.05, 0.1) is 41.3 Å². The maximum atomic E-state index is 14.2. The number of halogens is 2. The number of aryl methyl sites for hydroxylation is 1. The number of carbonyl (C=O) groups is 3. The molecular weight excluding hydrogens is 586 g/mol. The molecule has 3 amide bonds. The molecule has 3 aliphatic rings. The molecule has 0 radical (unpaired) electrons. The van der Waals surface area contributed by atoms with Crippen molar-refractivity contribution in [3.63, 3.8) is 0 Å². The number of carbonyl (C=O) groups excluding carboxylic acids is 3. The molecule has 0 aromatic heterocycles. The van der Waals surface area contributed by atoms with Gasteiger partial charge < -0.3 is 25.4 Å². The van der Waals surface area contributed by atoms with Gasteiger partial charge in [0, 0.05) is 11.4 Å². The zero-order valence-corrected chi connectivity index (χ0v) is 24.4. The zero-order valence-electron chi connectivity index (χ0n) is 22.1. The monoisotopic (exact) mass is 617 g/mol. The van der Waals surface area contributed by atoms with E-state index < -0.39 is 41.5 Å². The maximum Gasteiger partial charge on any atom is 0.250 e. The van der Waals surface area contributed by atoms with Crippen LogP contribution in [0.5, 0.6) is 0 Å². The summed E-state index contributed by atoms with van der Waals surface area (Å²) in [7, 11) is 0. The molecule has 1 spiro atoms. The lowest BCUT2D eigenvalue weighted by Crippen LogP contribution is -2.57. The number of rotatable bonds is 8. The first-order chi connectivity index (χ1) is 18.6. The highest BCUT2D eigenvalue weighted by Crippen LogP contribution is 2.60. The van der Waals surface area contributed by atoms with Crippen molar-refractivity contribution in [2.75, 3.05) is 11.9 Å². The Bertz CT molecular complexity index is 1260.